The second kappa shape index (κ2) is 10.5. The Labute approximate surface area is 225 Å². The fourth-order valence-corrected chi connectivity index (χ4v) is 6.66. The number of rotatable bonds is 6. The van der Waals surface area contributed by atoms with E-state index in [4.69, 9.17) is 14.2 Å². The Bertz CT molecular complexity index is 1170. The van der Waals surface area contributed by atoms with Gasteiger partial charge in [0.25, 0.3) is 0 Å². The Kier molecular flexibility index (Phi) is 7.42. The summed E-state index contributed by atoms with van der Waals surface area (Å²) in [5, 5.41) is 42.9. The van der Waals surface area contributed by atoms with Gasteiger partial charge in [0.2, 0.25) is 18.1 Å². The van der Waals surface area contributed by atoms with Gasteiger partial charge in [-0.1, -0.05) is 31.5 Å². The lowest BCUT2D eigenvalue weighted by Crippen LogP contribution is -2.59. The molecular weight excluding hydrogens is 512 g/mol. The van der Waals surface area contributed by atoms with Crippen molar-refractivity contribution < 1.29 is 49.0 Å². The number of hydrogen-bond donors (Lipinski definition) is 5. The summed E-state index contributed by atoms with van der Waals surface area (Å²) in [6.45, 7) is 1.60. The van der Waals surface area contributed by atoms with E-state index < -0.39 is 60.7 Å². The zero-order valence-electron chi connectivity index (χ0n) is 21.7. The molecule has 0 unspecified atom stereocenters. The number of amides is 2. The van der Waals surface area contributed by atoms with E-state index in [9.17, 15) is 34.8 Å². The Morgan fingerprint density at radius 3 is 2.64 bits per heavy atom. The number of benzene rings is 1. The number of carbonyl (C=O) groups excluding carboxylic acids is 3. The normalized spacial score (nSPS) is 37.9. The molecule has 5 rings (SSSR count). The van der Waals surface area contributed by atoms with Crippen molar-refractivity contribution in [1.29, 1.82) is 0 Å². The zero-order valence-corrected chi connectivity index (χ0v) is 21.7. The standard InChI is InChI=1S/C27H34N2O10/c1-3-13-10-29-19(27(9-20(29)31)16-6-4-5-7-17(16)28-26(27)36)8-14(13)15(12-37-2)24(35)39-25-23(34)22(33)21(32)18(11-30)38-25/h4-7,12-14,18-19,21-23,25,30,32-34H,3,8-11H2,1-2H3,(H,28,36)/b15-12+/t13-,14-,18+,19-,21+,22-,23+,25-,27-/m0/s1. The van der Waals surface area contributed by atoms with E-state index in [1.807, 2.05) is 25.1 Å². The van der Waals surface area contributed by atoms with Gasteiger partial charge in [0, 0.05) is 24.6 Å². The van der Waals surface area contributed by atoms with E-state index in [0.29, 0.717) is 18.7 Å². The smallest absolute Gasteiger partial charge is 0.339 e. The Balaban J connectivity index is 1.45. The van der Waals surface area contributed by atoms with Crippen LogP contribution < -0.4 is 5.32 Å². The minimum Gasteiger partial charge on any atom is -0.504 e. The van der Waals surface area contributed by atoms with Crippen LogP contribution >= 0.6 is 0 Å². The highest BCUT2D eigenvalue weighted by molar-refractivity contribution is 6.10. The van der Waals surface area contributed by atoms with Gasteiger partial charge in [0.1, 0.15) is 29.8 Å². The number of nitrogens with one attached hydrogen (secondary N) is 1. The molecule has 1 aromatic rings. The number of aliphatic hydroxyl groups excluding tert-OH is 4. The number of ether oxygens (including phenoxy) is 3. The van der Waals surface area contributed by atoms with Crippen molar-refractivity contribution >= 4 is 23.5 Å². The van der Waals surface area contributed by atoms with E-state index in [2.05, 4.69) is 5.32 Å². The van der Waals surface area contributed by atoms with Crippen LogP contribution in [0.1, 0.15) is 31.7 Å². The third kappa shape index (κ3) is 4.30. The zero-order chi connectivity index (χ0) is 28.1. The number of anilines is 1. The van der Waals surface area contributed by atoms with E-state index in [1.54, 1.807) is 11.0 Å². The molecule has 0 aliphatic carbocycles. The first kappa shape index (κ1) is 27.5. The number of carbonyl (C=O) groups is 3. The minimum atomic E-state index is -1.76. The Morgan fingerprint density at radius 1 is 1.21 bits per heavy atom. The first-order valence-electron chi connectivity index (χ1n) is 13.1. The highest BCUT2D eigenvalue weighted by Crippen LogP contribution is 2.53. The maximum atomic E-state index is 13.5. The molecule has 12 nitrogen and oxygen atoms in total. The van der Waals surface area contributed by atoms with Gasteiger partial charge in [0.15, 0.2) is 0 Å². The SMILES string of the molecule is CC[C@H]1CN2C(=O)C[C@@]3(C(=O)Nc4ccccc43)[C@@H]2C[C@@H]1/C(=C\OC)C(=O)O[C@@H]1O[C@H](CO)[C@@H](O)[C@H](O)[C@H]1O. The predicted molar refractivity (Wildman–Crippen MR) is 134 cm³/mol. The second-order valence-corrected chi connectivity index (χ2v) is 10.6. The van der Waals surface area contributed by atoms with Crippen molar-refractivity contribution in [3.8, 4) is 0 Å². The summed E-state index contributed by atoms with van der Waals surface area (Å²) in [6.07, 6.45) is -5.78. The number of esters is 1. The summed E-state index contributed by atoms with van der Waals surface area (Å²) in [6, 6.07) is 6.79. The monoisotopic (exact) mass is 546 g/mol. The lowest BCUT2D eigenvalue weighted by Gasteiger charge is -2.45. The molecule has 12 heteroatoms. The summed E-state index contributed by atoms with van der Waals surface area (Å²) < 4.78 is 16.0. The molecule has 4 aliphatic rings. The molecule has 9 atom stereocenters. The summed E-state index contributed by atoms with van der Waals surface area (Å²) in [5.74, 6) is -1.89. The number of nitrogens with zero attached hydrogens (tertiary/aromatic N) is 1. The minimum absolute atomic E-state index is 0.0301. The number of hydrogen-bond acceptors (Lipinski definition) is 10. The van der Waals surface area contributed by atoms with Crippen molar-refractivity contribution in [2.24, 2.45) is 11.8 Å². The van der Waals surface area contributed by atoms with Gasteiger partial charge in [-0.15, -0.1) is 0 Å². The highest BCUT2D eigenvalue weighted by atomic mass is 16.7. The molecular formula is C27H34N2O10. The van der Waals surface area contributed by atoms with Crippen LogP contribution in [0.2, 0.25) is 0 Å². The fourth-order valence-electron chi connectivity index (χ4n) is 6.66. The molecule has 4 aliphatic heterocycles. The molecule has 1 spiro atoms. The van der Waals surface area contributed by atoms with Crippen LogP contribution in [0.4, 0.5) is 5.69 Å². The third-order valence-corrected chi connectivity index (χ3v) is 8.71. The van der Waals surface area contributed by atoms with Crippen LogP contribution in [0.25, 0.3) is 0 Å². The molecule has 39 heavy (non-hydrogen) atoms. The first-order chi connectivity index (χ1) is 18.7. The molecule has 0 bridgehead atoms. The lowest BCUT2D eigenvalue weighted by atomic mass is 9.67. The van der Waals surface area contributed by atoms with E-state index >= 15 is 0 Å². The van der Waals surface area contributed by atoms with Crippen molar-refractivity contribution in [2.75, 3.05) is 25.6 Å². The second-order valence-electron chi connectivity index (χ2n) is 10.6. The number of methoxy groups -OCH3 is 1. The van der Waals surface area contributed by atoms with Crippen LogP contribution in [-0.4, -0.2) is 100 Å². The number of piperidine rings is 1. The first-order valence-corrected chi connectivity index (χ1v) is 13.1. The van der Waals surface area contributed by atoms with Crippen LogP contribution in [0.15, 0.2) is 36.1 Å². The highest BCUT2D eigenvalue weighted by Gasteiger charge is 2.63. The fraction of sp³-hybridized carbons (Fsp3) is 0.593. The lowest BCUT2D eigenvalue weighted by molar-refractivity contribution is -0.291. The quantitative estimate of drug-likeness (QED) is 0.176. The van der Waals surface area contributed by atoms with Gasteiger partial charge in [-0.3, -0.25) is 9.59 Å². The van der Waals surface area contributed by atoms with Crippen LogP contribution in [0, 0.1) is 11.8 Å². The van der Waals surface area contributed by atoms with Crippen molar-refractivity contribution in [3.05, 3.63) is 41.7 Å². The molecule has 3 saturated heterocycles. The largest absolute Gasteiger partial charge is 0.504 e. The molecule has 212 valence electrons. The summed E-state index contributed by atoms with van der Waals surface area (Å²) >= 11 is 0. The van der Waals surface area contributed by atoms with Crippen LogP contribution in [0.3, 0.4) is 0 Å². The van der Waals surface area contributed by atoms with Gasteiger partial charge >= 0.3 is 5.97 Å². The molecule has 5 N–H and O–H groups in total. The maximum Gasteiger partial charge on any atom is 0.339 e. The molecule has 3 fully saturated rings. The van der Waals surface area contributed by atoms with Gasteiger partial charge in [0.05, 0.1) is 31.6 Å². The number of fused-ring (bicyclic) bond motifs is 4. The number of para-hydroxylation sites is 1. The Morgan fingerprint density at radius 2 is 1.95 bits per heavy atom. The number of aliphatic hydroxyl groups is 4. The van der Waals surface area contributed by atoms with Crippen molar-refractivity contribution in [3.63, 3.8) is 0 Å². The predicted octanol–water partition coefficient (Wildman–Crippen LogP) is -0.603. The van der Waals surface area contributed by atoms with Gasteiger partial charge in [-0.2, -0.15) is 0 Å². The molecule has 0 aromatic heterocycles. The topological polar surface area (TPSA) is 175 Å². The molecule has 0 radical (unpaired) electrons. The van der Waals surface area contributed by atoms with E-state index in [1.165, 1.54) is 13.4 Å². The average molecular weight is 547 g/mol. The van der Waals surface area contributed by atoms with Gasteiger partial charge in [-0.05, 0) is 24.0 Å². The maximum absolute atomic E-state index is 13.5. The third-order valence-electron chi connectivity index (χ3n) is 8.71. The summed E-state index contributed by atoms with van der Waals surface area (Å²) in [7, 11) is 1.37. The van der Waals surface area contributed by atoms with Crippen molar-refractivity contribution in [2.45, 2.75) is 68.3 Å². The molecule has 0 saturated carbocycles. The van der Waals surface area contributed by atoms with Gasteiger partial charge in [-0.25, -0.2) is 4.79 Å². The van der Waals surface area contributed by atoms with Crippen molar-refractivity contribution in [1.82, 2.24) is 4.90 Å². The molecule has 1 aromatic carbocycles. The molecule has 4 heterocycles. The van der Waals surface area contributed by atoms with Crippen LogP contribution in [0.5, 0.6) is 0 Å². The summed E-state index contributed by atoms with van der Waals surface area (Å²) in [5.41, 5.74) is 0.457. The van der Waals surface area contributed by atoms with Crippen LogP contribution in [-0.2, 0) is 34.0 Å². The van der Waals surface area contributed by atoms with E-state index in [0.717, 1.165) is 5.56 Å². The van der Waals surface area contributed by atoms with E-state index in [-0.39, 0.29) is 36.1 Å². The Hall–Kier alpha value is -3.03. The average Bonchev–Trinajstić information content (AvgIpc) is 3.39. The summed E-state index contributed by atoms with van der Waals surface area (Å²) in [4.78, 5) is 41.9. The molecule has 2 amide bonds. The van der Waals surface area contributed by atoms with Gasteiger partial charge < -0.3 is 44.9 Å².